The molecule has 2 heterocycles. The molecule has 0 radical (unpaired) electrons. The maximum absolute atomic E-state index is 11.3. The van der Waals surface area contributed by atoms with E-state index in [9.17, 15) is 5.11 Å². The summed E-state index contributed by atoms with van der Waals surface area (Å²) in [5.74, 6) is 0.535. The maximum atomic E-state index is 11.3. The van der Waals surface area contributed by atoms with Gasteiger partial charge in [0.2, 0.25) is 0 Å². The number of hydrogen-bond donors (Lipinski definition) is 1. The molecule has 2 unspecified atom stereocenters. The fraction of sp³-hybridized carbons (Fsp3) is 0.714. The number of aliphatic hydroxyl groups is 1. The van der Waals surface area contributed by atoms with E-state index in [1.165, 1.54) is 11.1 Å². The molecule has 4 fully saturated rings. The van der Waals surface area contributed by atoms with Gasteiger partial charge in [0.15, 0.2) is 5.79 Å². The molecule has 5 heteroatoms. The zero-order valence-corrected chi connectivity index (χ0v) is 15.5. The van der Waals surface area contributed by atoms with Crippen LogP contribution in [-0.4, -0.2) is 61.9 Å². The molecule has 5 nitrogen and oxygen atoms in total. The topological polar surface area (TPSA) is 51.2 Å². The Balaban J connectivity index is 1.56. The quantitative estimate of drug-likeness (QED) is 0.829. The lowest BCUT2D eigenvalue weighted by Gasteiger charge is -2.55. The van der Waals surface area contributed by atoms with Crippen LogP contribution in [0.3, 0.4) is 0 Å². The fourth-order valence-electron chi connectivity index (χ4n) is 7.65. The summed E-state index contributed by atoms with van der Waals surface area (Å²) in [6.07, 6.45) is 3.30. The van der Waals surface area contributed by atoms with Gasteiger partial charge in [-0.05, 0) is 43.1 Å². The third-order valence-electron chi connectivity index (χ3n) is 8.04. The predicted octanol–water partition coefficient (Wildman–Crippen LogP) is 1.71. The molecule has 5 aliphatic rings. The van der Waals surface area contributed by atoms with Gasteiger partial charge in [0.1, 0.15) is 5.75 Å². The van der Waals surface area contributed by atoms with Gasteiger partial charge in [0.25, 0.3) is 0 Å². The van der Waals surface area contributed by atoms with E-state index in [1.54, 1.807) is 7.11 Å². The van der Waals surface area contributed by atoms with Gasteiger partial charge in [-0.15, -0.1) is 0 Å². The summed E-state index contributed by atoms with van der Waals surface area (Å²) >= 11 is 0. The Morgan fingerprint density at radius 1 is 1.23 bits per heavy atom. The van der Waals surface area contributed by atoms with Gasteiger partial charge in [-0.3, -0.25) is 0 Å². The van der Waals surface area contributed by atoms with Crippen LogP contribution in [0.1, 0.15) is 30.4 Å². The van der Waals surface area contributed by atoms with E-state index in [1.807, 2.05) is 0 Å². The lowest BCUT2D eigenvalue weighted by Crippen LogP contribution is -2.65. The Hall–Kier alpha value is -1.14. The van der Waals surface area contributed by atoms with E-state index in [-0.39, 0.29) is 11.3 Å². The first kappa shape index (κ1) is 15.9. The molecule has 3 spiro atoms. The van der Waals surface area contributed by atoms with Crippen LogP contribution in [0.5, 0.6) is 5.75 Å². The smallest absolute Gasteiger partial charge is 0.171 e. The van der Waals surface area contributed by atoms with Crippen molar-refractivity contribution in [3.8, 4) is 5.75 Å². The Bertz CT molecular complexity index is 775. The highest BCUT2D eigenvalue weighted by atomic mass is 16.7. The van der Waals surface area contributed by atoms with E-state index < -0.39 is 11.9 Å². The normalized spacial score (nSPS) is 45.0. The van der Waals surface area contributed by atoms with Crippen LogP contribution in [0.15, 0.2) is 18.2 Å². The van der Waals surface area contributed by atoms with Gasteiger partial charge in [-0.25, -0.2) is 0 Å². The highest BCUT2D eigenvalue weighted by Crippen LogP contribution is 2.71. The number of aliphatic hydroxyl groups excluding tert-OH is 1. The van der Waals surface area contributed by atoms with Crippen molar-refractivity contribution in [3.63, 3.8) is 0 Å². The first-order chi connectivity index (χ1) is 12.5. The van der Waals surface area contributed by atoms with Gasteiger partial charge < -0.3 is 24.2 Å². The third kappa shape index (κ3) is 1.71. The van der Waals surface area contributed by atoms with Gasteiger partial charge >= 0.3 is 0 Å². The summed E-state index contributed by atoms with van der Waals surface area (Å²) < 4.78 is 17.8. The first-order valence-electron chi connectivity index (χ1n) is 9.85. The Kier molecular flexibility index (Phi) is 2.94. The Morgan fingerprint density at radius 3 is 2.77 bits per heavy atom. The summed E-state index contributed by atoms with van der Waals surface area (Å²) in [6, 6.07) is 7.01. The molecule has 0 amide bonds. The highest BCUT2D eigenvalue weighted by molar-refractivity contribution is 5.50. The predicted molar refractivity (Wildman–Crippen MR) is 95.2 cm³/mol. The SMILES string of the molecule is COc1ccc2c(c1)[C@@]13CC4(C[C@@H](O)C1[C@@H]1N(C)CC1(C2)C3)OCCO4. The lowest BCUT2D eigenvalue weighted by molar-refractivity contribution is -0.226. The van der Waals surface area contributed by atoms with E-state index in [0.717, 1.165) is 31.6 Å². The molecule has 1 aromatic rings. The number of rotatable bonds is 1. The number of benzene rings is 1. The number of fused-ring (bicyclic) bond motifs is 2. The molecule has 2 saturated carbocycles. The van der Waals surface area contributed by atoms with E-state index in [2.05, 4.69) is 30.1 Å². The van der Waals surface area contributed by atoms with Gasteiger partial charge in [-0.1, -0.05) is 6.07 Å². The standard InChI is InChI=1S/C21H27NO4/c1-22-12-19-8-13-3-4-14(24-2)7-15(13)20(10-19)11-21(25-5-6-26-21)9-16(23)17(20)18(19)22/h3-4,7,16-18,23H,5-6,8-12H2,1-2H3/t16-,17?,18+,19?,20-/m1/s1. The number of hydrogen-bond acceptors (Lipinski definition) is 5. The van der Waals surface area contributed by atoms with Crippen LogP contribution in [0.25, 0.3) is 0 Å². The minimum atomic E-state index is -0.614. The second-order valence-corrected chi connectivity index (χ2v) is 9.34. The van der Waals surface area contributed by atoms with Crippen LogP contribution < -0.4 is 4.74 Å². The molecule has 26 heavy (non-hydrogen) atoms. The van der Waals surface area contributed by atoms with Crippen LogP contribution in [-0.2, 0) is 21.3 Å². The number of ether oxygens (including phenoxy) is 3. The average Bonchev–Trinajstić information content (AvgIpc) is 3.12. The lowest BCUT2D eigenvalue weighted by atomic mass is 9.58. The van der Waals surface area contributed by atoms with Crippen molar-refractivity contribution in [1.82, 2.24) is 4.90 Å². The van der Waals surface area contributed by atoms with Crippen molar-refractivity contribution in [2.24, 2.45) is 11.3 Å². The molecule has 1 aromatic carbocycles. The van der Waals surface area contributed by atoms with Crippen LogP contribution in [0.2, 0.25) is 0 Å². The monoisotopic (exact) mass is 357 g/mol. The van der Waals surface area contributed by atoms with Crippen molar-refractivity contribution in [1.29, 1.82) is 0 Å². The van der Waals surface area contributed by atoms with Crippen LogP contribution in [0.4, 0.5) is 0 Å². The highest BCUT2D eigenvalue weighted by Gasteiger charge is 2.74. The summed E-state index contributed by atoms with van der Waals surface area (Å²) in [6.45, 7) is 2.39. The summed E-state index contributed by atoms with van der Waals surface area (Å²) in [5.41, 5.74) is 3.01. The minimum absolute atomic E-state index is 0.0838. The van der Waals surface area contributed by atoms with Gasteiger partial charge in [0, 0.05) is 42.2 Å². The molecular formula is C21H27NO4. The second kappa shape index (κ2) is 4.82. The second-order valence-electron chi connectivity index (χ2n) is 9.34. The molecule has 3 aliphatic carbocycles. The summed E-state index contributed by atoms with van der Waals surface area (Å²) in [7, 11) is 3.95. The van der Waals surface area contributed by atoms with Gasteiger partial charge in [-0.2, -0.15) is 0 Å². The van der Waals surface area contributed by atoms with Crippen molar-refractivity contribution >= 4 is 0 Å². The number of nitrogens with zero attached hydrogens (tertiary/aromatic N) is 1. The molecule has 2 saturated heterocycles. The van der Waals surface area contributed by atoms with Crippen molar-refractivity contribution in [3.05, 3.63) is 29.3 Å². The zero-order valence-electron chi connectivity index (χ0n) is 15.5. The third-order valence-corrected chi connectivity index (χ3v) is 8.04. The van der Waals surface area contributed by atoms with Crippen LogP contribution >= 0.6 is 0 Å². The summed E-state index contributed by atoms with van der Waals surface area (Å²) in [5, 5.41) is 11.3. The van der Waals surface area contributed by atoms with Crippen molar-refractivity contribution in [2.45, 2.75) is 49.0 Å². The fourth-order valence-corrected chi connectivity index (χ4v) is 7.65. The maximum Gasteiger partial charge on any atom is 0.171 e. The summed E-state index contributed by atoms with van der Waals surface area (Å²) in [4.78, 5) is 2.47. The minimum Gasteiger partial charge on any atom is -0.497 e. The largest absolute Gasteiger partial charge is 0.497 e. The van der Waals surface area contributed by atoms with Gasteiger partial charge in [0.05, 0.1) is 26.4 Å². The van der Waals surface area contributed by atoms with Crippen LogP contribution in [0, 0.1) is 11.3 Å². The molecule has 6 rings (SSSR count). The van der Waals surface area contributed by atoms with E-state index >= 15 is 0 Å². The number of likely N-dealkylation sites (tertiary alicyclic amines) is 1. The first-order valence-corrected chi connectivity index (χ1v) is 9.85. The van der Waals surface area contributed by atoms with E-state index in [4.69, 9.17) is 14.2 Å². The molecule has 2 aliphatic heterocycles. The molecule has 0 aromatic heterocycles. The molecule has 5 atom stereocenters. The average molecular weight is 357 g/mol. The van der Waals surface area contributed by atoms with E-state index in [0.29, 0.717) is 31.1 Å². The molecular weight excluding hydrogens is 330 g/mol. The number of methoxy groups -OCH3 is 1. The Labute approximate surface area is 154 Å². The zero-order chi connectivity index (χ0) is 17.7. The van der Waals surface area contributed by atoms with Crippen molar-refractivity contribution in [2.75, 3.05) is 33.9 Å². The Morgan fingerprint density at radius 2 is 2.04 bits per heavy atom. The molecule has 140 valence electrons. The van der Waals surface area contributed by atoms with Crippen molar-refractivity contribution < 1.29 is 19.3 Å². The molecule has 2 bridgehead atoms. The molecule has 1 N–H and O–H groups in total.